The molecule has 1 aromatic rings. The first-order valence-corrected chi connectivity index (χ1v) is 6.53. The minimum absolute atomic E-state index is 0.0682. The van der Waals surface area contributed by atoms with Crippen molar-refractivity contribution in [3.8, 4) is 0 Å². The van der Waals surface area contributed by atoms with Crippen molar-refractivity contribution in [3.05, 3.63) is 28.2 Å². The van der Waals surface area contributed by atoms with E-state index in [0.29, 0.717) is 6.61 Å². The number of carbonyl (C=O) groups excluding carboxylic acids is 1. The summed E-state index contributed by atoms with van der Waals surface area (Å²) >= 11 is 3.48. The van der Waals surface area contributed by atoms with Crippen molar-refractivity contribution in [1.29, 1.82) is 0 Å². The summed E-state index contributed by atoms with van der Waals surface area (Å²) in [4.78, 5) is 12.1. The normalized spacial score (nSPS) is 23.7. The molecule has 3 nitrogen and oxygen atoms in total. The number of nitrogens with one attached hydrogen (secondary N) is 1. The first kappa shape index (κ1) is 12.6. The number of benzene rings is 1. The van der Waals surface area contributed by atoms with E-state index in [1.165, 1.54) is 0 Å². The topological polar surface area (TPSA) is 38.3 Å². The van der Waals surface area contributed by atoms with E-state index in [1.54, 1.807) is 0 Å². The zero-order valence-corrected chi connectivity index (χ0v) is 11.6. The lowest BCUT2D eigenvalue weighted by molar-refractivity contribution is -0.133. The van der Waals surface area contributed by atoms with Gasteiger partial charge in [-0.15, -0.1) is 0 Å². The van der Waals surface area contributed by atoms with Crippen LogP contribution in [-0.4, -0.2) is 18.1 Å². The molecule has 4 heteroatoms. The Balaban J connectivity index is 2.16. The van der Waals surface area contributed by atoms with Crippen LogP contribution in [0.4, 0.5) is 5.69 Å². The third-order valence-electron chi connectivity index (χ3n) is 3.14. The Labute approximate surface area is 110 Å². The molecule has 1 saturated heterocycles. The molecule has 0 aromatic heterocycles. The van der Waals surface area contributed by atoms with Gasteiger partial charge < -0.3 is 10.1 Å². The highest BCUT2D eigenvalue weighted by atomic mass is 79.9. The first-order chi connectivity index (χ1) is 8.03. The minimum Gasteiger partial charge on any atom is -0.365 e. The number of hydrogen-bond acceptors (Lipinski definition) is 2. The molecule has 92 valence electrons. The molecular weight excluding hydrogens is 282 g/mol. The molecule has 0 aliphatic carbocycles. The molecule has 1 atom stereocenters. The highest BCUT2D eigenvalue weighted by Gasteiger charge is 2.37. The zero-order chi connectivity index (χ0) is 12.5. The number of hydrogen-bond donors (Lipinski definition) is 1. The fourth-order valence-corrected chi connectivity index (χ4v) is 2.32. The minimum atomic E-state index is -0.677. The van der Waals surface area contributed by atoms with E-state index in [1.807, 2.05) is 32.0 Å². The summed E-state index contributed by atoms with van der Waals surface area (Å²) in [7, 11) is 0. The van der Waals surface area contributed by atoms with E-state index in [4.69, 9.17) is 4.74 Å². The van der Waals surface area contributed by atoms with Gasteiger partial charge in [0, 0.05) is 11.1 Å². The number of halogens is 1. The standard InChI is InChI=1S/C13H16BrNO2/c1-9-5-3-6-10(11(9)14)15-12(16)13(2)7-4-8-17-13/h3,5-6H,4,7-8H2,1-2H3,(H,15,16). The molecule has 1 aromatic carbocycles. The molecule has 1 N–H and O–H groups in total. The fraction of sp³-hybridized carbons (Fsp3) is 0.462. The molecule has 1 amide bonds. The van der Waals surface area contributed by atoms with Crippen molar-refractivity contribution in [2.24, 2.45) is 0 Å². The smallest absolute Gasteiger partial charge is 0.256 e. The highest BCUT2D eigenvalue weighted by molar-refractivity contribution is 9.10. The second-order valence-corrected chi connectivity index (χ2v) is 5.37. The third-order valence-corrected chi connectivity index (χ3v) is 4.19. The van der Waals surface area contributed by atoms with Gasteiger partial charge in [0.1, 0.15) is 5.60 Å². The number of carbonyl (C=O) groups is 1. The Kier molecular flexibility index (Phi) is 3.54. The van der Waals surface area contributed by atoms with Crippen LogP contribution in [0, 0.1) is 6.92 Å². The van der Waals surface area contributed by atoms with E-state index in [-0.39, 0.29) is 5.91 Å². The summed E-state index contributed by atoms with van der Waals surface area (Å²) in [6, 6.07) is 5.80. The Morgan fingerprint density at radius 2 is 2.29 bits per heavy atom. The van der Waals surface area contributed by atoms with Gasteiger partial charge in [-0.1, -0.05) is 12.1 Å². The maximum absolute atomic E-state index is 12.1. The molecule has 1 aliphatic rings. The number of ether oxygens (including phenoxy) is 1. The molecule has 2 rings (SSSR count). The van der Waals surface area contributed by atoms with Gasteiger partial charge in [0.2, 0.25) is 0 Å². The van der Waals surface area contributed by atoms with Crippen molar-refractivity contribution in [1.82, 2.24) is 0 Å². The molecule has 0 spiro atoms. The quantitative estimate of drug-likeness (QED) is 0.910. The SMILES string of the molecule is Cc1cccc(NC(=O)C2(C)CCCO2)c1Br. The highest BCUT2D eigenvalue weighted by Crippen LogP contribution is 2.30. The molecular formula is C13H16BrNO2. The Hall–Kier alpha value is -0.870. The Morgan fingerprint density at radius 1 is 1.53 bits per heavy atom. The van der Waals surface area contributed by atoms with Crippen LogP contribution >= 0.6 is 15.9 Å². The summed E-state index contributed by atoms with van der Waals surface area (Å²) in [5.74, 6) is -0.0682. The summed E-state index contributed by atoms with van der Waals surface area (Å²) in [6.45, 7) is 4.51. The summed E-state index contributed by atoms with van der Waals surface area (Å²) in [6.07, 6.45) is 1.72. The average Bonchev–Trinajstić information content (AvgIpc) is 2.73. The summed E-state index contributed by atoms with van der Waals surface area (Å²) in [5.41, 5.74) is 1.22. The lowest BCUT2D eigenvalue weighted by Gasteiger charge is -2.22. The van der Waals surface area contributed by atoms with Crippen LogP contribution in [0.3, 0.4) is 0 Å². The molecule has 1 heterocycles. The van der Waals surface area contributed by atoms with Crippen molar-refractivity contribution in [2.75, 3.05) is 11.9 Å². The van der Waals surface area contributed by atoms with E-state index >= 15 is 0 Å². The van der Waals surface area contributed by atoms with Crippen LogP contribution in [0.2, 0.25) is 0 Å². The van der Waals surface area contributed by atoms with E-state index in [2.05, 4.69) is 21.2 Å². The van der Waals surface area contributed by atoms with Crippen LogP contribution in [0.5, 0.6) is 0 Å². The van der Waals surface area contributed by atoms with Gasteiger partial charge in [-0.05, 0) is 54.2 Å². The molecule has 1 fully saturated rings. The number of rotatable bonds is 2. The largest absolute Gasteiger partial charge is 0.365 e. The van der Waals surface area contributed by atoms with Crippen molar-refractivity contribution in [3.63, 3.8) is 0 Å². The fourth-order valence-electron chi connectivity index (χ4n) is 1.96. The zero-order valence-electron chi connectivity index (χ0n) is 10.0. The first-order valence-electron chi connectivity index (χ1n) is 5.73. The Morgan fingerprint density at radius 3 is 2.94 bits per heavy atom. The number of amides is 1. The monoisotopic (exact) mass is 297 g/mol. The number of aryl methyl sites for hydroxylation is 1. The van der Waals surface area contributed by atoms with Crippen LogP contribution in [-0.2, 0) is 9.53 Å². The van der Waals surface area contributed by atoms with Crippen molar-refractivity contribution in [2.45, 2.75) is 32.3 Å². The van der Waals surface area contributed by atoms with Gasteiger partial charge in [-0.25, -0.2) is 0 Å². The average molecular weight is 298 g/mol. The van der Waals surface area contributed by atoms with E-state index in [9.17, 15) is 4.79 Å². The van der Waals surface area contributed by atoms with Gasteiger partial charge in [-0.3, -0.25) is 4.79 Å². The molecule has 0 bridgehead atoms. The predicted octanol–water partition coefficient (Wildman–Crippen LogP) is 3.27. The molecule has 17 heavy (non-hydrogen) atoms. The lowest BCUT2D eigenvalue weighted by atomic mass is 10.0. The van der Waals surface area contributed by atoms with Crippen LogP contribution in [0.15, 0.2) is 22.7 Å². The van der Waals surface area contributed by atoms with Gasteiger partial charge in [0.25, 0.3) is 5.91 Å². The van der Waals surface area contributed by atoms with E-state index in [0.717, 1.165) is 28.6 Å². The Bertz CT molecular complexity index is 439. The maximum atomic E-state index is 12.1. The van der Waals surface area contributed by atoms with Gasteiger partial charge >= 0.3 is 0 Å². The van der Waals surface area contributed by atoms with Crippen LogP contribution < -0.4 is 5.32 Å². The van der Waals surface area contributed by atoms with Crippen molar-refractivity contribution < 1.29 is 9.53 Å². The summed E-state index contributed by atoms with van der Waals surface area (Å²) < 4.78 is 6.44. The maximum Gasteiger partial charge on any atom is 0.256 e. The van der Waals surface area contributed by atoms with Gasteiger partial charge in [0.05, 0.1) is 5.69 Å². The lowest BCUT2D eigenvalue weighted by Crippen LogP contribution is -2.39. The molecule has 0 saturated carbocycles. The summed E-state index contributed by atoms with van der Waals surface area (Å²) in [5, 5.41) is 2.92. The third kappa shape index (κ3) is 2.53. The van der Waals surface area contributed by atoms with Crippen LogP contribution in [0.25, 0.3) is 0 Å². The number of anilines is 1. The van der Waals surface area contributed by atoms with Gasteiger partial charge in [-0.2, -0.15) is 0 Å². The van der Waals surface area contributed by atoms with Crippen molar-refractivity contribution >= 4 is 27.5 Å². The second-order valence-electron chi connectivity index (χ2n) is 4.57. The van der Waals surface area contributed by atoms with E-state index < -0.39 is 5.60 Å². The van der Waals surface area contributed by atoms with Crippen LogP contribution in [0.1, 0.15) is 25.3 Å². The molecule has 1 unspecified atom stereocenters. The van der Waals surface area contributed by atoms with Gasteiger partial charge in [0.15, 0.2) is 0 Å². The predicted molar refractivity (Wildman–Crippen MR) is 71.1 cm³/mol. The molecule has 1 aliphatic heterocycles. The molecule has 0 radical (unpaired) electrons. The second kappa shape index (κ2) is 4.78.